The van der Waals surface area contributed by atoms with Gasteiger partial charge in [0.05, 0.1) is 0 Å². The number of nitrogens with zero attached hydrogens (tertiary/aromatic N) is 3. The van der Waals surface area contributed by atoms with Gasteiger partial charge in [-0.25, -0.2) is 9.97 Å². The Balaban J connectivity index is 3.03. The van der Waals surface area contributed by atoms with Gasteiger partial charge in [0.1, 0.15) is 18.3 Å². The fraction of sp³-hybridized carbons (Fsp3) is 0. The molecule has 0 amide bonds. The van der Waals surface area contributed by atoms with E-state index in [1.54, 1.807) is 12.1 Å². The third kappa shape index (κ3) is 0.881. The van der Waals surface area contributed by atoms with Gasteiger partial charge in [-0.05, 0) is 6.07 Å². The minimum absolute atomic E-state index is 0.108. The highest BCUT2D eigenvalue weighted by molar-refractivity contribution is 5.34. The quantitative estimate of drug-likeness (QED) is 0.530. The molecule has 0 saturated heterocycles. The standard InChI is InChI=1S/C7H5N3O/c11-7-3-1-2-6-9-4-8-5-10(6)7/h1-5H. The second-order valence-electron chi connectivity index (χ2n) is 2.10. The molecule has 54 valence electrons. The third-order valence-electron chi connectivity index (χ3n) is 1.41. The molecular weight excluding hydrogens is 142 g/mol. The predicted octanol–water partition coefficient (Wildman–Crippen LogP) is 0.0895. The van der Waals surface area contributed by atoms with Crippen molar-refractivity contribution in [2.75, 3.05) is 0 Å². The van der Waals surface area contributed by atoms with Crippen LogP contribution in [0, 0.1) is 0 Å². The van der Waals surface area contributed by atoms with E-state index in [9.17, 15) is 4.79 Å². The molecule has 0 atom stereocenters. The molecule has 0 radical (unpaired) electrons. The monoisotopic (exact) mass is 147 g/mol. The van der Waals surface area contributed by atoms with Crippen molar-refractivity contribution < 1.29 is 0 Å². The van der Waals surface area contributed by atoms with Gasteiger partial charge in [-0.15, -0.1) is 0 Å². The van der Waals surface area contributed by atoms with Gasteiger partial charge < -0.3 is 0 Å². The first-order valence-corrected chi connectivity index (χ1v) is 3.15. The van der Waals surface area contributed by atoms with Gasteiger partial charge in [-0.1, -0.05) is 6.07 Å². The summed E-state index contributed by atoms with van der Waals surface area (Å²) in [6, 6.07) is 4.89. The average molecular weight is 147 g/mol. The van der Waals surface area contributed by atoms with Crippen molar-refractivity contribution in [2.45, 2.75) is 0 Å². The molecule has 0 spiro atoms. The van der Waals surface area contributed by atoms with Gasteiger partial charge in [0, 0.05) is 6.07 Å². The summed E-state index contributed by atoms with van der Waals surface area (Å²) in [6.45, 7) is 0. The number of aromatic nitrogens is 3. The highest BCUT2D eigenvalue weighted by atomic mass is 16.1. The summed E-state index contributed by atoms with van der Waals surface area (Å²) >= 11 is 0. The van der Waals surface area contributed by atoms with Crippen LogP contribution in [0.25, 0.3) is 5.65 Å². The average Bonchev–Trinajstić information content (AvgIpc) is 2.06. The first kappa shape index (κ1) is 6.03. The van der Waals surface area contributed by atoms with E-state index >= 15 is 0 Å². The highest BCUT2D eigenvalue weighted by Gasteiger charge is 1.91. The molecule has 0 aromatic carbocycles. The predicted molar refractivity (Wildman–Crippen MR) is 39.3 cm³/mol. The van der Waals surface area contributed by atoms with Crippen LogP contribution >= 0.6 is 0 Å². The molecule has 4 heteroatoms. The van der Waals surface area contributed by atoms with E-state index in [1.807, 2.05) is 0 Å². The number of pyridine rings is 1. The Hall–Kier alpha value is -1.71. The minimum atomic E-state index is -0.108. The van der Waals surface area contributed by atoms with Gasteiger partial charge >= 0.3 is 0 Å². The smallest absolute Gasteiger partial charge is 0.257 e. The Morgan fingerprint density at radius 1 is 1.36 bits per heavy atom. The van der Waals surface area contributed by atoms with Crippen LogP contribution in [0.5, 0.6) is 0 Å². The highest BCUT2D eigenvalue weighted by Crippen LogP contribution is 1.89. The van der Waals surface area contributed by atoms with E-state index < -0.39 is 0 Å². The molecule has 2 aromatic rings. The lowest BCUT2D eigenvalue weighted by Gasteiger charge is -1.93. The minimum Gasteiger partial charge on any atom is -0.269 e. The zero-order chi connectivity index (χ0) is 7.68. The van der Waals surface area contributed by atoms with Crippen molar-refractivity contribution in [2.24, 2.45) is 0 Å². The molecule has 11 heavy (non-hydrogen) atoms. The topological polar surface area (TPSA) is 47.3 Å². The van der Waals surface area contributed by atoms with Gasteiger partial charge in [0.15, 0.2) is 0 Å². The van der Waals surface area contributed by atoms with E-state index in [-0.39, 0.29) is 5.56 Å². The van der Waals surface area contributed by atoms with E-state index in [0.29, 0.717) is 5.65 Å². The summed E-state index contributed by atoms with van der Waals surface area (Å²) in [7, 11) is 0. The van der Waals surface area contributed by atoms with Crippen molar-refractivity contribution in [1.29, 1.82) is 0 Å². The molecule has 0 N–H and O–H groups in total. The maximum atomic E-state index is 11.1. The van der Waals surface area contributed by atoms with E-state index in [0.717, 1.165) is 0 Å². The molecule has 0 saturated carbocycles. The maximum absolute atomic E-state index is 11.1. The van der Waals surface area contributed by atoms with E-state index in [4.69, 9.17) is 0 Å². The van der Waals surface area contributed by atoms with Gasteiger partial charge in [0.25, 0.3) is 5.56 Å². The number of fused-ring (bicyclic) bond motifs is 1. The third-order valence-corrected chi connectivity index (χ3v) is 1.41. The lowest BCUT2D eigenvalue weighted by Crippen LogP contribution is -2.12. The van der Waals surface area contributed by atoms with E-state index in [1.165, 1.54) is 23.1 Å². The lowest BCUT2D eigenvalue weighted by molar-refractivity contribution is 0.972. The number of rotatable bonds is 0. The Morgan fingerprint density at radius 3 is 3.09 bits per heavy atom. The van der Waals surface area contributed by atoms with E-state index in [2.05, 4.69) is 9.97 Å². The number of hydrogen-bond acceptors (Lipinski definition) is 3. The van der Waals surface area contributed by atoms with Crippen molar-refractivity contribution in [3.8, 4) is 0 Å². The van der Waals surface area contributed by atoms with Crippen molar-refractivity contribution >= 4 is 5.65 Å². The Morgan fingerprint density at radius 2 is 2.27 bits per heavy atom. The van der Waals surface area contributed by atoms with Crippen LogP contribution in [0.15, 0.2) is 35.6 Å². The summed E-state index contributed by atoms with van der Waals surface area (Å²) < 4.78 is 1.39. The molecule has 0 aliphatic rings. The van der Waals surface area contributed by atoms with Crippen molar-refractivity contribution in [3.63, 3.8) is 0 Å². The van der Waals surface area contributed by atoms with Crippen molar-refractivity contribution in [1.82, 2.24) is 14.4 Å². The Kier molecular flexibility index (Phi) is 1.18. The molecule has 0 aliphatic carbocycles. The summed E-state index contributed by atoms with van der Waals surface area (Å²) in [5.41, 5.74) is 0.510. The molecule has 2 heterocycles. The largest absolute Gasteiger partial charge is 0.269 e. The van der Waals surface area contributed by atoms with Crippen LogP contribution in [-0.4, -0.2) is 14.4 Å². The second-order valence-corrected chi connectivity index (χ2v) is 2.10. The molecule has 0 aliphatic heterocycles. The van der Waals surface area contributed by atoms with Gasteiger partial charge in [0.2, 0.25) is 0 Å². The second kappa shape index (κ2) is 2.16. The van der Waals surface area contributed by atoms with Crippen molar-refractivity contribution in [3.05, 3.63) is 41.2 Å². The zero-order valence-electron chi connectivity index (χ0n) is 5.64. The van der Waals surface area contributed by atoms with Crippen LogP contribution < -0.4 is 5.56 Å². The summed E-state index contributed by atoms with van der Waals surface area (Å²) in [6.07, 6.45) is 2.86. The van der Waals surface area contributed by atoms with Gasteiger partial charge in [-0.3, -0.25) is 9.20 Å². The SMILES string of the molecule is O=c1cccc2ncncn12. The normalized spacial score (nSPS) is 10.2. The molecule has 2 aromatic heterocycles. The Labute approximate surface area is 62.2 Å². The molecule has 0 fully saturated rings. The van der Waals surface area contributed by atoms with Gasteiger partial charge in [-0.2, -0.15) is 0 Å². The fourth-order valence-electron chi connectivity index (χ4n) is 0.900. The summed E-state index contributed by atoms with van der Waals surface area (Å²) in [5.74, 6) is 0. The first-order chi connectivity index (χ1) is 5.38. The summed E-state index contributed by atoms with van der Waals surface area (Å²) in [4.78, 5) is 18.7. The molecule has 0 unspecified atom stereocenters. The van der Waals surface area contributed by atoms with Crippen LogP contribution in [0.4, 0.5) is 0 Å². The molecule has 2 rings (SSSR count). The van der Waals surface area contributed by atoms with Crippen LogP contribution in [-0.2, 0) is 0 Å². The molecule has 4 nitrogen and oxygen atoms in total. The zero-order valence-corrected chi connectivity index (χ0v) is 5.64. The Bertz CT molecular complexity index is 429. The first-order valence-electron chi connectivity index (χ1n) is 3.15. The van der Waals surface area contributed by atoms with Crippen LogP contribution in [0.2, 0.25) is 0 Å². The molecular formula is C7H5N3O. The number of hydrogen-bond donors (Lipinski definition) is 0. The maximum Gasteiger partial charge on any atom is 0.257 e. The molecule has 0 bridgehead atoms. The van der Waals surface area contributed by atoms with Crippen LogP contribution in [0.1, 0.15) is 0 Å². The fourth-order valence-corrected chi connectivity index (χ4v) is 0.900. The summed E-state index contributed by atoms with van der Waals surface area (Å²) in [5, 5.41) is 0. The van der Waals surface area contributed by atoms with Crippen LogP contribution in [0.3, 0.4) is 0 Å². The lowest BCUT2D eigenvalue weighted by atomic mass is 10.5.